The molecule has 0 saturated carbocycles. The molecule has 0 saturated heterocycles. The number of carbonyl (C=O) groups is 4. The van der Waals surface area contributed by atoms with Gasteiger partial charge in [-0.15, -0.1) is 0 Å². The molecule has 2 aliphatic rings. The number of imide groups is 2. The number of hydrogen-bond acceptors (Lipinski definition) is 4. The van der Waals surface area contributed by atoms with E-state index in [2.05, 4.69) is 0 Å². The van der Waals surface area contributed by atoms with Gasteiger partial charge in [0.1, 0.15) is 0 Å². The molecule has 0 aromatic heterocycles. The van der Waals surface area contributed by atoms with E-state index in [0.717, 1.165) is 0 Å². The summed E-state index contributed by atoms with van der Waals surface area (Å²) in [6, 6.07) is 8.74. The van der Waals surface area contributed by atoms with Gasteiger partial charge in [0.2, 0.25) is 0 Å². The molecule has 4 amide bonds. The van der Waals surface area contributed by atoms with Crippen molar-refractivity contribution in [3.05, 3.63) is 68.7 Å². The van der Waals surface area contributed by atoms with Crippen LogP contribution in [0.3, 0.4) is 0 Å². The van der Waals surface area contributed by atoms with Gasteiger partial charge in [-0.2, -0.15) is 10.0 Å². The molecular weight excluding hydrogens is 355 g/mol. The number of hydrogen-bond donors (Lipinski definition) is 0. The molecule has 8 heteroatoms. The first-order valence-corrected chi connectivity index (χ1v) is 7.53. The zero-order chi connectivity index (χ0) is 17.2. The van der Waals surface area contributed by atoms with E-state index in [9.17, 15) is 19.2 Å². The minimum Gasteiger partial charge on any atom is -0.267 e. The van der Waals surface area contributed by atoms with Crippen LogP contribution in [0.5, 0.6) is 0 Å². The summed E-state index contributed by atoms with van der Waals surface area (Å²) in [5.41, 5.74) is 0.00365. The van der Waals surface area contributed by atoms with Crippen molar-refractivity contribution in [3.63, 3.8) is 0 Å². The topological polar surface area (TPSA) is 74.8 Å². The standard InChI is InChI=1S/C16H6Cl2N2O4/c17-9-5-1-3-7-11(9)15(23)19(13(7)21)20-14(22)8-4-2-6-10(18)12(8)16(20)24/h1-6H. The highest BCUT2D eigenvalue weighted by molar-refractivity contribution is 6.39. The summed E-state index contributed by atoms with van der Waals surface area (Å²) < 4.78 is 0. The fourth-order valence-electron chi connectivity index (χ4n) is 2.83. The Labute approximate surface area is 145 Å². The number of amides is 4. The molecule has 0 fully saturated rings. The fraction of sp³-hybridized carbons (Fsp3) is 0. The van der Waals surface area contributed by atoms with Gasteiger partial charge in [-0.1, -0.05) is 35.3 Å². The van der Waals surface area contributed by atoms with Crippen molar-refractivity contribution in [1.82, 2.24) is 10.0 Å². The van der Waals surface area contributed by atoms with Crippen LogP contribution in [0.4, 0.5) is 0 Å². The van der Waals surface area contributed by atoms with E-state index >= 15 is 0 Å². The van der Waals surface area contributed by atoms with Crippen molar-refractivity contribution in [2.75, 3.05) is 0 Å². The Balaban J connectivity index is 1.85. The lowest BCUT2D eigenvalue weighted by Crippen LogP contribution is -2.49. The summed E-state index contributed by atoms with van der Waals surface area (Å²) >= 11 is 12.0. The smallest absolute Gasteiger partial charge is 0.267 e. The highest BCUT2D eigenvalue weighted by atomic mass is 35.5. The Morgan fingerprint density at radius 2 is 0.958 bits per heavy atom. The Kier molecular flexibility index (Phi) is 3.03. The van der Waals surface area contributed by atoms with E-state index in [4.69, 9.17) is 23.2 Å². The number of benzene rings is 2. The van der Waals surface area contributed by atoms with E-state index in [0.29, 0.717) is 10.0 Å². The third-order valence-corrected chi connectivity index (χ3v) is 4.52. The van der Waals surface area contributed by atoms with Gasteiger partial charge in [0, 0.05) is 0 Å². The molecule has 0 bridgehead atoms. The molecule has 2 heterocycles. The van der Waals surface area contributed by atoms with Gasteiger partial charge in [0.05, 0.1) is 32.3 Å². The van der Waals surface area contributed by atoms with E-state index in [1.807, 2.05) is 0 Å². The maximum atomic E-state index is 12.6. The molecule has 6 nitrogen and oxygen atoms in total. The lowest BCUT2D eigenvalue weighted by molar-refractivity contribution is 0.00845. The molecule has 4 rings (SSSR count). The zero-order valence-corrected chi connectivity index (χ0v) is 13.3. The number of rotatable bonds is 1. The Hall–Kier alpha value is -2.70. The predicted molar refractivity (Wildman–Crippen MR) is 83.9 cm³/mol. The van der Waals surface area contributed by atoms with Gasteiger partial charge in [-0.05, 0) is 24.3 Å². The van der Waals surface area contributed by atoms with E-state index in [1.165, 1.54) is 36.4 Å². The monoisotopic (exact) mass is 360 g/mol. The minimum atomic E-state index is -0.828. The minimum absolute atomic E-state index is 0.0354. The average Bonchev–Trinajstić information content (AvgIpc) is 2.94. The Morgan fingerprint density at radius 1 is 0.583 bits per heavy atom. The van der Waals surface area contributed by atoms with Gasteiger partial charge >= 0.3 is 0 Å². The molecule has 0 aliphatic carbocycles. The van der Waals surface area contributed by atoms with Gasteiger partial charge in [0.15, 0.2) is 0 Å². The summed E-state index contributed by atoms with van der Waals surface area (Å²) in [7, 11) is 0. The van der Waals surface area contributed by atoms with Crippen LogP contribution in [-0.2, 0) is 0 Å². The van der Waals surface area contributed by atoms with Crippen molar-refractivity contribution in [2.45, 2.75) is 0 Å². The second kappa shape index (κ2) is 4.90. The number of halogens is 2. The van der Waals surface area contributed by atoms with Crippen LogP contribution in [0.1, 0.15) is 41.4 Å². The average molecular weight is 361 g/mol. The van der Waals surface area contributed by atoms with Gasteiger partial charge < -0.3 is 0 Å². The largest absolute Gasteiger partial charge is 0.282 e. The summed E-state index contributed by atoms with van der Waals surface area (Å²) in [6.45, 7) is 0. The highest BCUT2D eigenvalue weighted by Gasteiger charge is 2.49. The maximum absolute atomic E-state index is 12.6. The molecule has 2 aromatic carbocycles. The molecule has 118 valence electrons. The molecule has 0 radical (unpaired) electrons. The van der Waals surface area contributed by atoms with Crippen molar-refractivity contribution < 1.29 is 19.2 Å². The van der Waals surface area contributed by atoms with Crippen molar-refractivity contribution in [2.24, 2.45) is 0 Å². The van der Waals surface area contributed by atoms with Gasteiger partial charge in [-0.3, -0.25) is 19.2 Å². The van der Waals surface area contributed by atoms with Crippen LogP contribution in [-0.4, -0.2) is 33.6 Å². The molecule has 2 aromatic rings. The lowest BCUT2D eigenvalue weighted by atomic mass is 10.1. The number of fused-ring (bicyclic) bond motifs is 2. The second-order valence-corrected chi connectivity index (χ2v) is 5.98. The van der Waals surface area contributed by atoms with Crippen LogP contribution in [0.2, 0.25) is 10.0 Å². The zero-order valence-electron chi connectivity index (χ0n) is 11.7. The van der Waals surface area contributed by atoms with Crippen LogP contribution in [0.15, 0.2) is 36.4 Å². The quantitative estimate of drug-likeness (QED) is 0.732. The van der Waals surface area contributed by atoms with Gasteiger partial charge in [0.25, 0.3) is 23.6 Å². The predicted octanol–water partition coefficient (Wildman–Crippen LogP) is 2.80. The molecule has 2 aliphatic heterocycles. The van der Waals surface area contributed by atoms with Crippen molar-refractivity contribution >= 4 is 46.8 Å². The molecule has 0 unspecified atom stereocenters. The first-order chi connectivity index (χ1) is 11.4. The van der Waals surface area contributed by atoms with Gasteiger partial charge in [-0.25, -0.2) is 0 Å². The van der Waals surface area contributed by atoms with Crippen LogP contribution in [0, 0.1) is 0 Å². The number of nitrogens with zero attached hydrogens (tertiary/aromatic N) is 2. The summed E-state index contributed by atoms with van der Waals surface area (Å²) in [4.78, 5) is 50.2. The molecule has 0 spiro atoms. The Bertz CT molecular complexity index is 907. The summed E-state index contributed by atoms with van der Waals surface area (Å²) in [5, 5.41) is 1.17. The first kappa shape index (κ1) is 14.9. The van der Waals surface area contributed by atoms with Crippen LogP contribution < -0.4 is 0 Å². The second-order valence-electron chi connectivity index (χ2n) is 5.17. The SMILES string of the molecule is O=C1c2cccc(Cl)c2C(=O)N1N1C(=O)c2cccc(Cl)c2C1=O. The van der Waals surface area contributed by atoms with Crippen molar-refractivity contribution in [3.8, 4) is 0 Å². The first-order valence-electron chi connectivity index (χ1n) is 6.78. The summed E-state index contributed by atoms with van der Waals surface area (Å²) in [5.74, 6) is -3.23. The molecule has 0 N–H and O–H groups in total. The van der Waals surface area contributed by atoms with Crippen molar-refractivity contribution in [1.29, 1.82) is 0 Å². The number of hydrazine groups is 1. The summed E-state index contributed by atoms with van der Waals surface area (Å²) in [6.07, 6.45) is 0. The van der Waals surface area contributed by atoms with Crippen LogP contribution in [0.25, 0.3) is 0 Å². The van der Waals surface area contributed by atoms with E-state index in [-0.39, 0.29) is 32.3 Å². The third kappa shape index (κ3) is 1.72. The normalized spacial score (nSPS) is 16.1. The molecule has 0 atom stereocenters. The lowest BCUT2D eigenvalue weighted by Gasteiger charge is -2.23. The number of carbonyl (C=O) groups excluding carboxylic acids is 4. The van der Waals surface area contributed by atoms with E-state index in [1.54, 1.807) is 0 Å². The highest BCUT2D eigenvalue weighted by Crippen LogP contribution is 2.35. The molecule has 24 heavy (non-hydrogen) atoms. The maximum Gasteiger partial charge on any atom is 0.282 e. The van der Waals surface area contributed by atoms with E-state index < -0.39 is 23.6 Å². The van der Waals surface area contributed by atoms with Crippen LogP contribution >= 0.6 is 23.2 Å². The fourth-order valence-corrected chi connectivity index (χ4v) is 3.34. The molecular formula is C16H6Cl2N2O4. The third-order valence-electron chi connectivity index (χ3n) is 3.89. The Morgan fingerprint density at radius 3 is 1.29 bits per heavy atom.